The second kappa shape index (κ2) is 5.05. The fraction of sp³-hybridized carbons (Fsp3) is 0.636. The Kier molecular flexibility index (Phi) is 4.01. The highest BCUT2D eigenvalue weighted by Gasteiger charge is 2.29. The Morgan fingerprint density at radius 1 is 1.36 bits per heavy atom. The second-order valence-electron chi connectivity index (χ2n) is 3.62. The normalized spacial score (nSPS) is 18.3. The van der Waals surface area contributed by atoms with E-state index in [2.05, 4.69) is 41.9 Å². The van der Waals surface area contributed by atoms with Gasteiger partial charge in [0.15, 0.2) is 0 Å². The van der Waals surface area contributed by atoms with Gasteiger partial charge < -0.3 is 5.32 Å². The summed E-state index contributed by atoms with van der Waals surface area (Å²) in [5.41, 5.74) is 5.79. The summed E-state index contributed by atoms with van der Waals surface area (Å²) in [4.78, 5) is 0. The molecule has 2 N–H and O–H groups in total. The van der Waals surface area contributed by atoms with Crippen LogP contribution in [0.5, 0.6) is 0 Å². The molecule has 0 aromatic heterocycles. The molecule has 0 radical (unpaired) electrons. The Bertz CT molecular complexity index is 239. The first-order valence-electron chi connectivity index (χ1n) is 5.22. The fourth-order valence-electron chi connectivity index (χ4n) is 1.53. The number of nitrogens with one attached hydrogen (secondary N) is 2. The van der Waals surface area contributed by atoms with Gasteiger partial charge in [-0.3, -0.25) is 5.01 Å². The molecule has 0 spiro atoms. The predicted octanol–water partition coefficient (Wildman–Crippen LogP) is 1.82. The van der Waals surface area contributed by atoms with E-state index in [1.807, 2.05) is 14.1 Å². The highest BCUT2D eigenvalue weighted by molar-refractivity contribution is 5.16. The van der Waals surface area contributed by atoms with E-state index in [1.54, 1.807) is 0 Å². The minimum absolute atomic E-state index is 0.727. The molecule has 0 heterocycles. The topological polar surface area (TPSA) is 27.3 Å². The zero-order valence-electron chi connectivity index (χ0n) is 9.59. The minimum Gasteiger partial charge on any atom is -0.393 e. The van der Waals surface area contributed by atoms with Crippen molar-refractivity contribution in [3.05, 3.63) is 23.7 Å². The van der Waals surface area contributed by atoms with E-state index >= 15 is 0 Å². The molecule has 1 aliphatic carbocycles. The van der Waals surface area contributed by atoms with Gasteiger partial charge in [-0.05, 0) is 26.7 Å². The molecule has 0 atom stereocenters. The maximum atomic E-state index is 3.22. The van der Waals surface area contributed by atoms with Gasteiger partial charge in [0.2, 0.25) is 0 Å². The van der Waals surface area contributed by atoms with E-state index in [-0.39, 0.29) is 0 Å². The molecule has 3 heteroatoms. The quantitative estimate of drug-likeness (QED) is 0.655. The smallest absolute Gasteiger partial charge is 0.0534 e. The molecule has 0 aromatic carbocycles. The Hall–Kier alpha value is -0.960. The van der Waals surface area contributed by atoms with Gasteiger partial charge in [-0.25, -0.2) is 5.43 Å². The molecule has 0 aliphatic heterocycles. The minimum atomic E-state index is 0.727. The van der Waals surface area contributed by atoms with Crippen LogP contribution in [0.4, 0.5) is 0 Å². The standard InChI is InChI=1S/C11H21N3/c1-5-9(2)14(13-4)11(8-12-3)10-6-7-10/h5,8,10,12-13H,6-7H2,1-4H3/b9-5-,11-8-. The summed E-state index contributed by atoms with van der Waals surface area (Å²) >= 11 is 0. The summed E-state index contributed by atoms with van der Waals surface area (Å²) in [5, 5.41) is 5.26. The van der Waals surface area contributed by atoms with Crippen molar-refractivity contribution < 1.29 is 0 Å². The van der Waals surface area contributed by atoms with Crippen LogP contribution in [0.1, 0.15) is 26.7 Å². The lowest BCUT2D eigenvalue weighted by Crippen LogP contribution is -2.34. The van der Waals surface area contributed by atoms with Crippen molar-refractivity contribution in [2.24, 2.45) is 5.92 Å². The van der Waals surface area contributed by atoms with Crippen LogP contribution in [0.2, 0.25) is 0 Å². The van der Waals surface area contributed by atoms with Gasteiger partial charge in [0.25, 0.3) is 0 Å². The van der Waals surface area contributed by atoms with Crippen molar-refractivity contribution in [1.82, 2.24) is 15.8 Å². The fourth-order valence-corrected chi connectivity index (χ4v) is 1.53. The van der Waals surface area contributed by atoms with Crippen LogP contribution < -0.4 is 10.7 Å². The molecule has 3 nitrogen and oxygen atoms in total. The van der Waals surface area contributed by atoms with Gasteiger partial charge in [-0.1, -0.05) is 6.08 Å². The number of hydrogen-bond acceptors (Lipinski definition) is 3. The summed E-state index contributed by atoms with van der Waals surface area (Å²) in [7, 11) is 3.90. The van der Waals surface area contributed by atoms with Crippen molar-refractivity contribution in [3.63, 3.8) is 0 Å². The molecular weight excluding hydrogens is 174 g/mol. The van der Waals surface area contributed by atoms with Crippen molar-refractivity contribution in [2.75, 3.05) is 14.1 Å². The molecule has 1 rings (SSSR count). The molecule has 1 aliphatic rings. The van der Waals surface area contributed by atoms with Crippen LogP contribution in [0.3, 0.4) is 0 Å². The van der Waals surface area contributed by atoms with Crippen LogP contribution in [-0.4, -0.2) is 19.1 Å². The summed E-state index contributed by atoms with van der Waals surface area (Å²) in [6.45, 7) is 4.17. The van der Waals surface area contributed by atoms with E-state index in [4.69, 9.17) is 0 Å². The van der Waals surface area contributed by atoms with Crippen molar-refractivity contribution in [1.29, 1.82) is 0 Å². The lowest BCUT2D eigenvalue weighted by molar-refractivity contribution is 0.322. The van der Waals surface area contributed by atoms with Crippen LogP contribution in [0, 0.1) is 5.92 Å². The van der Waals surface area contributed by atoms with Crippen molar-refractivity contribution in [3.8, 4) is 0 Å². The Morgan fingerprint density at radius 3 is 2.36 bits per heavy atom. The molecule has 0 unspecified atom stereocenters. The molecule has 14 heavy (non-hydrogen) atoms. The SMILES string of the molecule is C/C=C(/C)N(NC)/C(=C\NC)C1CC1. The summed E-state index contributed by atoms with van der Waals surface area (Å²) < 4.78 is 0. The largest absolute Gasteiger partial charge is 0.393 e. The lowest BCUT2D eigenvalue weighted by Gasteiger charge is -2.27. The number of hydrogen-bond donors (Lipinski definition) is 2. The monoisotopic (exact) mass is 195 g/mol. The molecule has 80 valence electrons. The molecule has 0 saturated heterocycles. The van der Waals surface area contributed by atoms with Crippen LogP contribution in [0.15, 0.2) is 23.7 Å². The molecule has 0 bridgehead atoms. The molecule has 0 amide bonds. The van der Waals surface area contributed by atoms with Crippen molar-refractivity contribution in [2.45, 2.75) is 26.7 Å². The third-order valence-corrected chi connectivity index (χ3v) is 2.54. The number of hydrazine groups is 1. The van der Waals surface area contributed by atoms with E-state index in [1.165, 1.54) is 24.2 Å². The van der Waals surface area contributed by atoms with Gasteiger partial charge in [-0.15, -0.1) is 0 Å². The first-order chi connectivity index (χ1) is 6.74. The second-order valence-corrected chi connectivity index (χ2v) is 3.62. The summed E-state index contributed by atoms with van der Waals surface area (Å²) in [5.74, 6) is 0.727. The lowest BCUT2D eigenvalue weighted by atomic mass is 10.2. The average molecular weight is 195 g/mol. The maximum absolute atomic E-state index is 3.22. The molecule has 0 aromatic rings. The van der Waals surface area contributed by atoms with E-state index in [0.717, 1.165) is 5.92 Å². The highest BCUT2D eigenvalue weighted by atomic mass is 15.5. The highest BCUT2D eigenvalue weighted by Crippen LogP contribution is 2.38. The Labute approximate surface area is 86.8 Å². The average Bonchev–Trinajstić information content (AvgIpc) is 3.00. The van der Waals surface area contributed by atoms with Crippen LogP contribution >= 0.6 is 0 Å². The predicted molar refractivity (Wildman–Crippen MR) is 60.2 cm³/mol. The van der Waals surface area contributed by atoms with Gasteiger partial charge >= 0.3 is 0 Å². The third-order valence-electron chi connectivity index (χ3n) is 2.54. The van der Waals surface area contributed by atoms with E-state index in [0.29, 0.717) is 0 Å². The van der Waals surface area contributed by atoms with Gasteiger partial charge in [0.1, 0.15) is 0 Å². The van der Waals surface area contributed by atoms with Crippen molar-refractivity contribution >= 4 is 0 Å². The van der Waals surface area contributed by atoms with Crippen LogP contribution in [0.25, 0.3) is 0 Å². The van der Waals surface area contributed by atoms with E-state index in [9.17, 15) is 0 Å². The number of rotatable bonds is 5. The zero-order chi connectivity index (χ0) is 10.6. The molecule has 1 fully saturated rings. The summed E-state index contributed by atoms with van der Waals surface area (Å²) in [6.07, 6.45) is 6.81. The first kappa shape index (κ1) is 11.1. The van der Waals surface area contributed by atoms with Gasteiger partial charge in [-0.2, -0.15) is 0 Å². The maximum Gasteiger partial charge on any atom is 0.0534 e. The van der Waals surface area contributed by atoms with E-state index < -0.39 is 0 Å². The third kappa shape index (κ3) is 2.51. The van der Waals surface area contributed by atoms with Gasteiger partial charge in [0, 0.05) is 31.9 Å². The molecular formula is C11H21N3. The Morgan fingerprint density at radius 2 is 2.00 bits per heavy atom. The zero-order valence-corrected chi connectivity index (χ0v) is 9.59. The molecule has 1 saturated carbocycles. The first-order valence-corrected chi connectivity index (χ1v) is 5.22. The van der Waals surface area contributed by atoms with Gasteiger partial charge in [0.05, 0.1) is 5.70 Å². The number of nitrogens with zero attached hydrogens (tertiary/aromatic N) is 1. The Balaban J connectivity index is 2.78. The van der Waals surface area contributed by atoms with Crippen LogP contribution in [-0.2, 0) is 0 Å². The number of allylic oxidation sites excluding steroid dienone is 3. The summed E-state index contributed by atoms with van der Waals surface area (Å²) in [6, 6.07) is 0.